The zero-order valence-corrected chi connectivity index (χ0v) is 16.6. The molecule has 1 aliphatic rings. The van der Waals surface area contributed by atoms with E-state index in [0.717, 1.165) is 0 Å². The lowest BCUT2D eigenvalue weighted by atomic mass is 10.0. The van der Waals surface area contributed by atoms with Crippen LogP contribution in [0.1, 0.15) is 21.7 Å². The van der Waals surface area contributed by atoms with Gasteiger partial charge in [0.15, 0.2) is 5.11 Å². The number of rotatable bonds is 3. The summed E-state index contributed by atoms with van der Waals surface area (Å²) in [7, 11) is 4.34. The van der Waals surface area contributed by atoms with E-state index >= 15 is 0 Å². The van der Waals surface area contributed by atoms with Crippen LogP contribution < -0.4 is 0 Å². The van der Waals surface area contributed by atoms with Crippen molar-refractivity contribution >= 4 is 41.2 Å². The van der Waals surface area contributed by atoms with Gasteiger partial charge in [-0.3, -0.25) is 19.4 Å². The molecule has 0 saturated carbocycles. The average molecular weight is 398 g/mol. The van der Waals surface area contributed by atoms with Gasteiger partial charge in [-0.1, -0.05) is 12.1 Å². The number of hydrogen-bond acceptors (Lipinski definition) is 6. The lowest BCUT2D eigenvalue weighted by Gasteiger charge is -2.31. The number of benzene rings is 1. The van der Waals surface area contributed by atoms with Crippen molar-refractivity contribution in [3.05, 3.63) is 52.8 Å². The van der Waals surface area contributed by atoms with Gasteiger partial charge in [0.05, 0.1) is 12.7 Å². The molecule has 1 saturated heterocycles. The number of furan rings is 1. The molecule has 0 spiro atoms. The monoisotopic (exact) mass is 398 g/mol. The Morgan fingerprint density at radius 2 is 1.75 bits per heavy atom. The SMILES string of the molecule is COC(=O)c1cccc(-c2ccc(C=C3C(=O)N(C)C(=S)N(C)C3=O)o2)c1C. The second kappa shape index (κ2) is 7.40. The maximum absolute atomic E-state index is 12.4. The summed E-state index contributed by atoms with van der Waals surface area (Å²) >= 11 is 5.07. The summed E-state index contributed by atoms with van der Waals surface area (Å²) in [6, 6.07) is 8.58. The van der Waals surface area contributed by atoms with Crippen LogP contribution in [0.3, 0.4) is 0 Å². The van der Waals surface area contributed by atoms with Crippen LogP contribution in [-0.2, 0) is 14.3 Å². The average Bonchev–Trinajstić information content (AvgIpc) is 3.16. The van der Waals surface area contributed by atoms with Crippen LogP contribution in [0.2, 0.25) is 0 Å². The number of carbonyl (C=O) groups is 3. The first-order chi connectivity index (χ1) is 13.3. The smallest absolute Gasteiger partial charge is 0.338 e. The number of carbonyl (C=O) groups excluding carboxylic acids is 3. The van der Waals surface area contributed by atoms with Crippen LogP contribution in [0.4, 0.5) is 0 Å². The van der Waals surface area contributed by atoms with E-state index in [-0.39, 0.29) is 10.7 Å². The molecule has 0 unspecified atom stereocenters. The fourth-order valence-electron chi connectivity index (χ4n) is 2.93. The van der Waals surface area contributed by atoms with E-state index in [0.29, 0.717) is 28.2 Å². The second-order valence-electron chi connectivity index (χ2n) is 6.24. The lowest BCUT2D eigenvalue weighted by Crippen LogP contribution is -2.52. The fraction of sp³-hybridized carbons (Fsp3) is 0.200. The number of likely N-dealkylation sites (N-methyl/N-ethyl adjacent to an activating group) is 2. The highest BCUT2D eigenvalue weighted by atomic mass is 32.1. The number of ether oxygens (including phenoxy) is 1. The Hall–Kier alpha value is -3.26. The van der Waals surface area contributed by atoms with E-state index in [9.17, 15) is 14.4 Å². The Morgan fingerprint density at radius 1 is 1.11 bits per heavy atom. The van der Waals surface area contributed by atoms with Crippen LogP contribution >= 0.6 is 12.2 Å². The quantitative estimate of drug-likeness (QED) is 0.342. The molecule has 3 rings (SSSR count). The lowest BCUT2D eigenvalue weighted by molar-refractivity contribution is -0.132. The highest BCUT2D eigenvalue weighted by molar-refractivity contribution is 7.80. The molecule has 2 amide bonds. The summed E-state index contributed by atoms with van der Waals surface area (Å²) < 4.78 is 10.6. The minimum atomic E-state index is -0.491. The third-order valence-corrected chi connectivity index (χ3v) is 5.11. The zero-order valence-electron chi connectivity index (χ0n) is 15.8. The molecule has 0 radical (unpaired) electrons. The van der Waals surface area contributed by atoms with Gasteiger partial charge in [-0.25, -0.2) is 4.79 Å². The Balaban J connectivity index is 1.99. The second-order valence-corrected chi connectivity index (χ2v) is 6.61. The molecule has 1 aromatic heterocycles. The number of esters is 1. The summed E-state index contributed by atoms with van der Waals surface area (Å²) in [4.78, 5) is 39.2. The zero-order chi connectivity index (χ0) is 20.6. The van der Waals surface area contributed by atoms with Crippen LogP contribution in [0.25, 0.3) is 17.4 Å². The number of amides is 2. The third kappa shape index (κ3) is 3.22. The summed E-state index contributed by atoms with van der Waals surface area (Å²) in [5, 5.41) is 0.141. The van der Waals surface area contributed by atoms with Crippen molar-refractivity contribution in [1.82, 2.24) is 9.80 Å². The van der Waals surface area contributed by atoms with E-state index in [2.05, 4.69) is 0 Å². The van der Waals surface area contributed by atoms with Gasteiger partial charge in [0, 0.05) is 19.7 Å². The van der Waals surface area contributed by atoms with Gasteiger partial charge in [-0.2, -0.15) is 0 Å². The van der Waals surface area contributed by atoms with Gasteiger partial charge in [0.1, 0.15) is 17.1 Å². The topological polar surface area (TPSA) is 80.1 Å². The predicted octanol–water partition coefficient (Wildman–Crippen LogP) is 2.64. The Labute approximate surface area is 167 Å². The summed E-state index contributed by atoms with van der Waals surface area (Å²) in [5.41, 5.74) is 1.81. The van der Waals surface area contributed by atoms with Crippen LogP contribution in [0.5, 0.6) is 0 Å². The maximum atomic E-state index is 12.4. The molecule has 144 valence electrons. The van der Waals surface area contributed by atoms with Gasteiger partial charge in [-0.15, -0.1) is 0 Å². The van der Waals surface area contributed by atoms with Crippen molar-refractivity contribution in [3.8, 4) is 11.3 Å². The van der Waals surface area contributed by atoms with Crippen molar-refractivity contribution in [3.63, 3.8) is 0 Å². The molecular weight excluding hydrogens is 380 g/mol. The first-order valence-corrected chi connectivity index (χ1v) is 8.77. The molecule has 0 atom stereocenters. The third-order valence-electron chi connectivity index (χ3n) is 4.56. The Kier molecular flexibility index (Phi) is 5.15. The number of nitrogens with zero attached hydrogens (tertiary/aromatic N) is 2. The minimum Gasteiger partial charge on any atom is -0.465 e. The van der Waals surface area contributed by atoms with Crippen molar-refractivity contribution in [2.24, 2.45) is 0 Å². The Bertz CT molecular complexity index is 1010. The van der Waals surface area contributed by atoms with E-state index in [1.54, 1.807) is 31.2 Å². The van der Waals surface area contributed by atoms with Crippen molar-refractivity contribution < 1.29 is 23.5 Å². The van der Waals surface area contributed by atoms with E-state index in [1.165, 1.54) is 37.1 Å². The summed E-state index contributed by atoms with van der Waals surface area (Å²) in [6.07, 6.45) is 1.39. The molecule has 1 aromatic carbocycles. The molecule has 2 heterocycles. The van der Waals surface area contributed by atoms with Crippen molar-refractivity contribution in [2.45, 2.75) is 6.92 Å². The molecule has 28 heavy (non-hydrogen) atoms. The molecule has 0 N–H and O–H groups in total. The standard InChI is InChI=1S/C20H18N2O5S/c1-11-13(6-5-7-14(11)19(25)26-4)16-9-8-12(27-16)10-15-17(23)21(2)20(28)22(3)18(15)24/h5-10H,1-4H3. The number of hydrogen-bond donors (Lipinski definition) is 0. The van der Waals surface area contributed by atoms with Gasteiger partial charge in [0.25, 0.3) is 11.8 Å². The first kappa shape index (κ1) is 19.5. The van der Waals surface area contributed by atoms with Gasteiger partial charge in [-0.05, 0) is 49.0 Å². The van der Waals surface area contributed by atoms with E-state index < -0.39 is 17.8 Å². The molecule has 7 nitrogen and oxygen atoms in total. The van der Waals surface area contributed by atoms with E-state index in [1.807, 2.05) is 6.07 Å². The molecule has 2 aromatic rings. The van der Waals surface area contributed by atoms with Gasteiger partial charge < -0.3 is 9.15 Å². The first-order valence-electron chi connectivity index (χ1n) is 8.36. The maximum Gasteiger partial charge on any atom is 0.338 e. The highest BCUT2D eigenvalue weighted by Crippen LogP contribution is 2.29. The van der Waals surface area contributed by atoms with Crippen LogP contribution in [-0.4, -0.2) is 53.9 Å². The molecule has 1 fully saturated rings. The number of methoxy groups -OCH3 is 1. The Morgan fingerprint density at radius 3 is 2.36 bits per heavy atom. The van der Waals surface area contributed by atoms with Crippen molar-refractivity contribution in [1.29, 1.82) is 0 Å². The predicted molar refractivity (Wildman–Crippen MR) is 106 cm³/mol. The summed E-state index contributed by atoms with van der Waals surface area (Å²) in [5.74, 6) is -0.578. The highest BCUT2D eigenvalue weighted by Gasteiger charge is 2.35. The fourth-order valence-corrected chi connectivity index (χ4v) is 3.09. The molecule has 8 heteroatoms. The normalized spacial score (nSPS) is 14.6. The number of thiocarbonyl (C=S) groups is 1. The largest absolute Gasteiger partial charge is 0.465 e. The molecular formula is C20H18N2O5S. The van der Waals surface area contributed by atoms with Gasteiger partial charge >= 0.3 is 5.97 Å². The summed E-state index contributed by atoms with van der Waals surface area (Å²) in [6.45, 7) is 1.79. The van der Waals surface area contributed by atoms with Crippen molar-refractivity contribution in [2.75, 3.05) is 21.2 Å². The molecule has 1 aliphatic heterocycles. The minimum absolute atomic E-state index is 0.0421. The van der Waals surface area contributed by atoms with E-state index in [4.69, 9.17) is 21.4 Å². The van der Waals surface area contributed by atoms with Crippen LogP contribution in [0.15, 0.2) is 40.3 Å². The van der Waals surface area contributed by atoms with Crippen LogP contribution in [0, 0.1) is 6.92 Å². The van der Waals surface area contributed by atoms with Gasteiger partial charge in [0.2, 0.25) is 0 Å². The molecule has 0 bridgehead atoms. The molecule has 0 aliphatic carbocycles.